The van der Waals surface area contributed by atoms with Crippen molar-refractivity contribution >= 4 is 0 Å². The number of rotatable bonds is 1. The molecule has 1 saturated carbocycles. The summed E-state index contributed by atoms with van der Waals surface area (Å²) in [6.45, 7) is 0. The van der Waals surface area contributed by atoms with Gasteiger partial charge in [-0.2, -0.15) is 0 Å². The Morgan fingerprint density at radius 1 is 1.07 bits per heavy atom. The average Bonchev–Trinajstić information content (AvgIpc) is 2.20. The van der Waals surface area contributed by atoms with Crippen LogP contribution < -0.4 is 0 Å². The van der Waals surface area contributed by atoms with E-state index in [0.717, 1.165) is 31.2 Å². The minimum absolute atomic E-state index is 0.130. The average molecular weight is 192 g/mol. The van der Waals surface area contributed by atoms with Gasteiger partial charge in [-0.15, -0.1) is 0 Å². The first-order valence-electron chi connectivity index (χ1n) is 5.25. The van der Waals surface area contributed by atoms with E-state index in [4.69, 9.17) is 0 Å². The minimum Gasteiger partial charge on any atom is -0.508 e. The molecule has 1 aliphatic carbocycles. The van der Waals surface area contributed by atoms with E-state index in [1.165, 1.54) is 0 Å². The van der Waals surface area contributed by atoms with Crippen LogP contribution in [-0.2, 0) is 0 Å². The summed E-state index contributed by atoms with van der Waals surface area (Å²) >= 11 is 0. The van der Waals surface area contributed by atoms with E-state index >= 15 is 0 Å². The van der Waals surface area contributed by atoms with Crippen molar-refractivity contribution in [3.63, 3.8) is 0 Å². The molecule has 0 bridgehead atoms. The van der Waals surface area contributed by atoms with Crippen molar-refractivity contribution in [2.75, 3.05) is 0 Å². The van der Waals surface area contributed by atoms with Crippen molar-refractivity contribution in [2.45, 2.75) is 37.7 Å². The van der Waals surface area contributed by atoms with Crippen LogP contribution in [0.4, 0.5) is 0 Å². The molecule has 0 saturated heterocycles. The first-order valence-corrected chi connectivity index (χ1v) is 5.25. The van der Waals surface area contributed by atoms with Gasteiger partial charge in [-0.05, 0) is 24.5 Å². The van der Waals surface area contributed by atoms with Crippen molar-refractivity contribution in [3.8, 4) is 5.75 Å². The molecule has 0 spiro atoms. The molecule has 2 heteroatoms. The Hall–Kier alpha value is -1.02. The van der Waals surface area contributed by atoms with Crippen LogP contribution in [0, 0.1) is 0 Å². The zero-order valence-corrected chi connectivity index (χ0v) is 8.19. The monoisotopic (exact) mass is 192 g/mol. The van der Waals surface area contributed by atoms with Crippen molar-refractivity contribution in [2.24, 2.45) is 0 Å². The van der Waals surface area contributed by atoms with E-state index in [-0.39, 0.29) is 12.0 Å². The molecule has 0 aromatic heterocycles. The summed E-state index contributed by atoms with van der Waals surface area (Å²) in [5.41, 5.74) is 0.903. The lowest BCUT2D eigenvalue weighted by atomic mass is 9.81. The number of phenolic OH excluding ortho intramolecular Hbond substituents is 1. The second kappa shape index (κ2) is 4.01. The largest absolute Gasteiger partial charge is 0.508 e. The number of aliphatic hydroxyl groups excluding tert-OH is 1. The van der Waals surface area contributed by atoms with Gasteiger partial charge in [0.25, 0.3) is 0 Å². The maximum Gasteiger partial charge on any atom is 0.119 e. The van der Waals surface area contributed by atoms with E-state index < -0.39 is 0 Å². The van der Waals surface area contributed by atoms with Gasteiger partial charge in [0, 0.05) is 5.92 Å². The van der Waals surface area contributed by atoms with Crippen LogP contribution in [0.1, 0.15) is 37.2 Å². The van der Waals surface area contributed by atoms with Gasteiger partial charge in [0.15, 0.2) is 0 Å². The molecule has 0 amide bonds. The quantitative estimate of drug-likeness (QED) is 0.717. The highest BCUT2D eigenvalue weighted by Gasteiger charge is 2.26. The Kier molecular flexibility index (Phi) is 2.73. The normalized spacial score (nSPS) is 27.5. The highest BCUT2D eigenvalue weighted by molar-refractivity contribution is 5.35. The van der Waals surface area contributed by atoms with E-state index in [2.05, 4.69) is 0 Å². The number of para-hydroxylation sites is 1. The van der Waals surface area contributed by atoms with Gasteiger partial charge in [-0.25, -0.2) is 0 Å². The third kappa shape index (κ3) is 1.75. The van der Waals surface area contributed by atoms with Crippen molar-refractivity contribution in [3.05, 3.63) is 29.8 Å². The Balaban J connectivity index is 2.25. The molecule has 0 heterocycles. The summed E-state index contributed by atoms with van der Waals surface area (Å²) in [5, 5.41) is 19.5. The summed E-state index contributed by atoms with van der Waals surface area (Å²) in [6, 6.07) is 7.33. The molecule has 1 aromatic rings. The van der Waals surface area contributed by atoms with Crippen LogP contribution in [-0.4, -0.2) is 16.3 Å². The fourth-order valence-electron chi connectivity index (χ4n) is 2.28. The number of benzene rings is 1. The van der Waals surface area contributed by atoms with Gasteiger partial charge in [-0.1, -0.05) is 31.0 Å². The van der Waals surface area contributed by atoms with Crippen LogP contribution in [0.5, 0.6) is 5.75 Å². The molecule has 1 fully saturated rings. The first-order chi connectivity index (χ1) is 6.79. The molecule has 0 radical (unpaired) electrons. The van der Waals surface area contributed by atoms with Gasteiger partial charge in [0.05, 0.1) is 6.10 Å². The summed E-state index contributed by atoms with van der Waals surface area (Å²) in [5.74, 6) is 0.448. The van der Waals surface area contributed by atoms with Gasteiger partial charge in [0.1, 0.15) is 5.75 Å². The van der Waals surface area contributed by atoms with E-state index in [1.54, 1.807) is 6.07 Å². The lowest BCUT2D eigenvalue weighted by Gasteiger charge is -2.28. The van der Waals surface area contributed by atoms with Crippen LogP contribution in [0.25, 0.3) is 0 Å². The molecule has 2 N–H and O–H groups in total. The van der Waals surface area contributed by atoms with Crippen LogP contribution in [0.2, 0.25) is 0 Å². The SMILES string of the molecule is Oc1ccccc1[C@H]1CCCCC1O. The predicted octanol–water partition coefficient (Wildman–Crippen LogP) is 2.41. The Labute approximate surface area is 84.2 Å². The summed E-state index contributed by atoms with van der Waals surface area (Å²) < 4.78 is 0. The van der Waals surface area contributed by atoms with Crippen LogP contribution >= 0.6 is 0 Å². The highest BCUT2D eigenvalue weighted by Crippen LogP contribution is 2.36. The van der Waals surface area contributed by atoms with Gasteiger partial charge in [-0.3, -0.25) is 0 Å². The standard InChI is InChI=1S/C12H16O2/c13-11-7-3-1-5-9(11)10-6-2-4-8-12(10)14/h1,3,5,7,10,12-14H,2,4,6,8H2/t10-,12?/m1/s1. The molecule has 2 nitrogen and oxygen atoms in total. The smallest absolute Gasteiger partial charge is 0.119 e. The lowest BCUT2D eigenvalue weighted by Crippen LogP contribution is -2.22. The number of aliphatic hydroxyl groups is 1. The molecular weight excluding hydrogens is 176 g/mol. The number of phenols is 1. The second-order valence-electron chi connectivity index (χ2n) is 4.02. The fraction of sp³-hybridized carbons (Fsp3) is 0.500. The Morgan fingerprint density at radius 3 is 2.50 bits per heavy atom. The molecule has 0 aliphatic heterocycles. The third-order valence-electron chi connectivity index (χ3n) is 3.07. The highest BCUT2D eigenvalue weighted by atomic mass is 16.3. The maximum absolute atomic E-state index is 9.84. The van der Waals surface area contributed by atoms with E-state index in [0.29, 0.717) is 5.75 Å². The number of aromatic hydroxyl groups is 1. The first kappa shape index (κ1) is 9.53. The number of hydrogen-bond acceptors (Lipinski definition) is 2. The lowest BCUT2D eigenvalue weighted by molar-refractivity contribution is 0.105. The summed E-state index contributed by atoms with van der Waals surface area (Å²) in [7, 11) is 0. The van der Waals surface area contributed by atoms with E-state index in [1.807, 2.05) is 18.2 Å². The summed E-state index contributed by atoms with van der Waals surface area (Å²) in [4.78, 5) is 0. The van der Waals surface area contributed by atoms with Crippen LogP contribution in [0.3, 0.4) is 0 Å². The molecule has 14 heavy (non-hydrogen) atoms. The molecule has 2 atom stereocenters. The van der Waals surface area contributed by atoms with Crippen molar-refractivity contribution < 1.29 is 10.2 Å². The van der Waals surface area contributed by atoms with E-state index in [9.17, 15) is 10.2 Å². The van der Waals surface area contributed by atoms with Crippen LogP contribution in [0.15, 0.2) is 24.3 Å². The minimum atomic E-state index is -0.281. The molecule has 1 aromatic carbocycles. The third-order valence-corrected chi connectivity index (χ3v) is 3.07. The molecule has 1 aliphatic rings. The molecule has 76 valence electrons. The maximum atomic E-state index is 9.84. The molecule has 1 unspecified atom stereocenters. The Bertz CT molecular complexity index is 309. The summed E-state index contributed by atoms with van der Waals surface area (Å²) in [6.07, 6.45) is 3.82. The number of hydrogen-bond donors (Lipinski definition) is 2. The Morgan fingerprint density at radius 2 is 1.79 bits per heavy atom. The fourth-order valence-corrected chi connectivity index (χ4v) is 2.28. The van der Waals surface area contributed by atoms with Gasteiger partial charge in [0.2, 0.25) is 0 Å². The molecular formula is C12H16O2. The zero-order chi connectivity index (χ0) is 9.97. The topological polar surface area (TPSA) is 40.5 Å². The second-order valence-corrected chi connectivity index (χ2v) is 4.02. The van der Waals surface area contributed by atoms with Gasteiger partial charge < -0.3 is 10.2 Å². The zero-order valence-electron chi connectivity index (χ0n) is 8.19. The van der Waals surface area contributed by atoms with Crippen molar-refractivity contribution in [1.29, 1.82) is 0 Å². The van der Waals surface area contributed by atoms with Crippen molar-refractivity contribution in [1.82, 2.24) is 0 Å². The van der Waals surface area contributed by atoms with Gasteiger partial charge >= 0.3 is 0 Å². The predicted molar refractivity (Wildman–Crippen MR) is 55.3 cm³/mol. The molecule has 2 rings (SSSR count).